The molecule has 1 N–H and O–H groups in total. The van der Waals surface area contributed by atoms with Gasteiger partial charge in [0.15, 0.2) is 0 Å². The molecule has 1 heterocycles. The molecule has 20 heavy (non-hydrogen) atoms. The highest BCUT2D eigenvalue weighted by Crippen LogP contribution is 2.30. The Hall–Kier alpha value is -0.580. The summed E-state index contributed by atoms with van der Waals surface area (Å²) >= 11 is 3.71. The second kappa shape index (κ2) is 7.43. The summed E-state index contributed by atoms with van der Waals surface area (Å²) in [5.41, 5.74) is 2.63. The Bertz CT molecular complexity index is 430. The minimum absolute atomic E-state index is 0.367. The second-order valence-corrected chi connectivity index (χ2v) is 6.46. The first-order valence-electron chi connectivity index (χ1n) is 7.36. The van der Waals surface area contributed by atoms with Gasteiger partial charge >= 0.3 is 0 Å². The highest BCUT2D eigenvalue weighted by atomic mass is 79.9. The first-order valence-corrected chi connectivity index (χ1v) is 8.15. The maximum Gasteiger partial charge on any atom is 0.0491 e. The Labute approximate surface area is 130 Å². The van der Waals surface area contributed by atoms with Crippen molar-refractivity contribution in [3.63, 3.8) is 0 Å². The van der Waals surface area contributed by atoms with Crippen LogP contribution in [0.15, 0.2) is 22.7 Å². The lowest BCUT2D eigenvalue weighted by Crippen LogP contribution is -2.35. The third kappa shape index (κ3) is 3.74. The number of rotatable bonds is 5. The standard InChI is InChI=1S/C16H25BrN2O/c1-12(18-2)15-5-4-14(10-16(15)17)19-8-6-13(7-9-19)11-20-3/h4-5,10,12-13,18H,6-9,11H2,1-3H3. The fourth-order valence-corrected chi connectivity index (χ4v) is 3.52. The molecule has 1 saturated heterocycles. The average molecular weight is 341 g/mol. The van der Waals surface area contributed by atoms with Crippen molar-refractivity contribution in [1.29, 1.82) is 0 Å². The van der Waals surface area contributed by atoms with Gasteiger partial charge in [-0.25, -0.2) is 0 Å². The molecular weight excluding hydrogens is 316 g/mol. The SMILES string of the molecule is CNC(C)c1ccc(N2CCC(COC)CC2)cc1Br. The molecule has 1 unspecified atom stereocenters. The van der Waals surface area contributed by atoms with E-state index < -0.39 is 0 Å². The monoisotopic (exact) mass is 340 g/mol. The molecule has 0 bridgehead atoms. The summed E-state index contributed by atoms with van der Waals surface area (Å²) in [7, 11) is 3.79. The molecule has 3 nitrogen and oxygen atoms in total. The van der Waals surface area contributed by atoms with Crippen molar-refractivity contribution in [3.8, 4) is 0 Å². The molecule has 1 aliphatic rings. The molecular formula is C16H25BrN2O. The summed E-state index contributed by atoms with van der Waals surface area (Å²) < 4.78 is 6.45. The van der Waals surface area contributed by atoms with E-state index in [1.807, 2.05) is 7.05 Å². The number of nitrogens with zero attached hydrogens (tertiary/aromatic N) is 1. The molecule has 1 aliphatic heterocycles. The van der Waals surface area contributed by atoms with Crippen LogP contribution in [0.2, 0.25) is 0 Å². The van der Waals surface area contributed by atoms with E-state index in [0.29, 0.717) is 6.04 Å². The average Bonchev–Trinajstić information content (AvgIpc) is 2.47. The van der Waals surface area contributed by atoms with Crippen LogP contribution >= 0.6 is 15.9 Å². The maximum atomic E-state index is 5.26. The van der Waals surface area contributed by atoms with Gasteiger partial charge in [-0.1, -0.05) is 22.0 Å². The van der Waals surface area contributed by atoms with E-state index in [2.05, 4.69) is 51.3 Å². The Morgan fingerprint density at radius 2 is 2.10 bits per heavy atom. The molecule has 0 radical (unpaired) electrons. The summed E-state index contributed by atoms with van der Waals surface area (Å²) in [5, 5.41) is 3.28. The second-order valence-electron chi connectivity index (χ2n) is 5.60. The van der Waals surface area contributed by atoms with Gasteiger partial charge in [0, 0.05) is 43.0 Å². The van der Waals surface area contributed by atoms with Crippen molar-refractivity contribution in [2.24, 2.45) is 5.92 Å². The number of hydrogen-bond acceptors (Lipinski definition) is 3. The quantitative estimate of drug-likeness (QED) is 0.886. The fraction of sp³-hybridized carbons (Fsp3) is 0.625. The van der Waals surface area contributed by atoms with Crippen molar-refractivity contribution >= 4 is 21.6 Å². The molecule has 1 atom stereocenters. The minimum Gasteiger partial charge on any atom is -0.384 e. The number of piperidine rings is 1. The molecule has 112 valence electrons. The highest BCUT2D eigenvalue weighted by Gasteiger charge is 2.20. The predicted molar refractivity (Wildman–Crippen MR) is 88.4 cm³/mol. The van der Waals surface area contributed by atoms with Crippen molar-refractivity contribution in [2.75, 3.05) is 38.8 Å². The zero-order chi connectivity index (χ0) is 14.5. The molecule has 1 aromatic carbocycles. The smallest absolute Gasteiger partial charge is 0.0491 e. The van der Waals surface area contributed by atoms with Gasteiger partial charge in [-0.05, 0) is 50.4 Å². The summed E-state index contributed by atoms with van der Waals surface area (Å²) in [5.74, 6) is 0.725. The lowest BCUT2D eigenvalue weighted by Gasteiger charge is -2.33. The number of benzene rings is 1. The van der Waals surface area contributed by atoms with E-state index in [-0.39, 0.29) is 0 Å². The van der Waals surface area contributed by atoms with Crippen LogP contribution in [0.1, 0.15) is 31.4 Å². The minimum atomic E-state index is 0.367. The van der Waals surface area contributed by atoms with Crippen molar-refractivity contribution in [3.05, 3.63) is 28.2 Å². The van der Waals surface area contributed by atoms with Crippen LogP contribution in [-0.2, 0) is 4.74 Å². The molecule has 0 aromatic heterocycles. The van der Waals surface area contributed by atoms with Crippen molar-refractivity contribution in [2.45, 2.75) is 25.8 Å². The Kier molecular flexibility index (Phi) is 5.87. The van der Waals surface area contributed by atoms with Crippen molar-refractivity contribution < 1.29 is 4.74 Å². The number of nitrogens with one attached hydrogen (secondary N) is 1. The summed E-state index contributed by atoms with van der Waals surface area (Å²) in [4.78, 5) is 2.48. The Balaban J connectivity index is 2.02. The van der Waals surface area contributed by atoms with Gasteiger partial charge in [0.05, 0.1) is 0 Å². The third-order valence-electron chi connectivity index (χ3n) is 4.27. The van der Waals surface area contributed by atoms with Crippen LogP contribution in [-0.4, -0.2) is 33.9 Å². The van der Waals surface area contributed by atoms with E-state index in [4.69, 9.17) is 4.74 Å². The van der Waals surface area contributed by atoms with Gasteiger partial charge in [0.1, 0.15) is 0 Å². The van der Waals surface area contributed by atoms with Crippen LogP contribution in [0, 0.1) is 5.92 Å². The number of hydrogen-bond donors (Lipinski definition) is 1. The topological polar surface area (TPSA) is 24.5 Å². The zero-order valence-electron chi connectivity index (χ0n) is 12.7. The molecule has 0 saturated carbocycles. The summed E-state index contributed by atoms with van der Waals surface area (Å²) in [6.07, 6.45) is 2.44. The molecule has 2 rings (SSSR count). The van der Waals surface area contributed by atoms with E-state index in [0.717, 1.165) is 25.6 Å². The molecule has 1 fully saturated rings. The number of ether oxygens (including phenoxy) is 1. The van der Waals surface area contributed by atoms with Crippen LogP contribution < -0.4 is 10.2 Å². The van der Waals surface area contributed by atoms with Gasteiger partial charge in [-0.15, -0.1) is 0 Å². The molecule has 0 amide bonds. The maximum absolute atomic E-state index is 5.26. The van der Waals surface area contributed by atoms with Gasteiger partial charge in [0.2, 0.25) is 0 Å². The summed E-state index contributed by atoms with van der Waals surface area (Å²) in [6.45, 7) is 5.33. The van der Waals surface area contributed by atoms with Crippen LogP contribution in [0.5, 0.6) is 0 Å². The van der Waals surface area contributed by atoms with Crippen LogP contribution in [0.4, 0.5) is 5.69 Å². The van der Waals surface area contributed by atoms with Gasteiger partial charge in [-0.2, -0.15) is 0 Å². The Morgan fingerprint density at radius 3 is 2.65 bits per heavy atom. The van der Waals surface area contributed by atoms with Crippen molar-refractivity contribution in [1.82, 2.24) is 5.32 Å². The van der Waals surface area contributed by atoms with Crippen LogP contribution in [0.25, 0.3) is 0 Å². The molecule has 4 heteroatoms. The third-order valence-corrected chi connectivity index (χ3v) is 4.95. The van der Waals surface area contributed by atoms with E-state index in [9.17, 15) is 0 Å². The first kappa shape index (κ1) is 15.8. The van der Waals surface area contributed by atoms with Crippen LogP contribution in [0.3, 0.4) is 0 Å². The predicted octanol–water partition coefficient (Wildman–Crippen LogP) is 3.59. The van der Waals surface area contributed by atoms with E-state index in [1.165, 1.54) is 28.6 Å². The van der Waals surface area contributed by atoms with Gasteiger partial charge < -0.3 is 15.0 Å². The fourth-order valence-electron chi connectivity index (χ4n) is 2.81. The van der Waals surface area contributed by atoms with E-state index in [1.54, 1.807) is 7.11 Å². The first-order chi connectivity index (χ1) is 9.65. The normalized spacial score (nSPS) is 18.3. The molecule has 0 spiro atoms. The van der Waals surface area contributed by atoms with Gasteiger partial charge in [-0.3, -0.25) is 0 Å². The Morgan fingerprint density at radius 1 is 1.40 bits per heavy atom. The lowest BCUT2D eigenvalue weighted by molar-refractivity contribution is 0.139. The largest absolute Gasteiger partial charge is 0.384 e. The summed E-state index contributed by atoms with van der Waals surface area (Å²) in [6, 6.07) is 7.08. The van der Waals surface area contributed by atoms with E-state index >= 15 is 0 Å². The number of halogens is 1. The lowest BCUT2D eigenvalue weighted by atomic mass is 9.97. The number of methoxy groups -OCH3 is 1. The highest BCUT2D eigenvalue weighted by molar-refractivity contribution is 9.10. The molecule has 1 aromatic rings. The van der Waals surface area contributed by atoms with Gasteiger partial charge in [0.25, 0.3) is 0 Å². The molecule has 0 aliphatic carbocycles. The number of anilines is 1. The zero-order valence-corrected chi connectivity index (χ0v) is 14.2.